The number of fused-ring (bicyclic) bond motifs is 1. The molecule has 0 aliphatic rings. The standard InChI is InChI=1S/C27H22N2O4/c1-31-23-16-11-20(26(17-23)32-2)10-13-21(30)12-7-19-8-14-22(15-9-19)33-27-18-28-24-5-3-4-6-25(24)29-27/h3-18H,1-2H3. The van der Waals surface area contributed by atoms with Crippen LogP contribution >= 0.6 is 0 Å². The summed E-state index contributed by atoms with van der Waals surface area (Å²) in [5.41, 5.74) is 3.25. The maximum Gasteiger partial charge on any atom is 0.238 e. The summed E-state index contributed by atoms with van der Waals surface area (Å²) in [6, 6.07) is 20.4. The number of nitrogens with zero attached hydrogens (tertiary/aromatic N) is 2. The van der Waals surface area contributed by atoms with E-state index in [1.54, 1.807) is 38.6 Å². The summed E-state index contributed by atoms with van der Waals surface area (Å²) in [7, 11) is 3.17. The van der Waals surface area contributed by atoms with Crippen LogP contribution < -0.4 is 14.2 Å². The van der Waals surface area contributed by atoms with Crippen molar-refractivity contribution in [1.82, 2.24) is 9.97 Å². The predicted octanol–water partition coefficient (Wildman–Crippen LogP) is 5.74. The number of ether oxygens (including phenoxy) is 3. The Balaban J connectivity index is 1.38. The van der Waals surface area contributed by atoms with Crippen molar-refractivity contribution in [2.45, 2.75) is 0 Å². The topological polar surface area (TPSA) is 70.5 Å². The summed E-state index contributed by atoms with van der Waals surface area (Å²) in [6.45, 7) is 0. The van der Waals surface area contributed by atoms with Crippen molar-refractivity contribution < 1.29 is 19.0 Å². The van der Waals surface area contributed by atoms with E-state index in [1.165, 1.54) is 12.2 Å². The van der Waals surface area contributed by atoms with Crippen LogP contribution in [0.25, 0.3) is 23.2 Å². The van der Waals surface area contributed by atoms with Gasteiger partial charge >= 0.3 is 0 Å². The summed E-state index contributed by atoms with van der Waals surface area (Å²) in [5, 5.41) is 0. The number of methoxy groups -OCH3 is 2. The SMILES string of the molecule is COc1ccc(C=CC(=O)C=Cc2ccc(Oc3cnc4ccccc4n3)cc2)c(OC)c1. The fraction of sp³-hybridized carbons (Fsp3) is 0.0741. The van der Waals surface area contributed by atoms with Gasteiger partial charge in [0.2, 0.25) is 5.88 Å². The second-order valence-electron chi connectivity index (χ2n) is 7.04. The first-order valence-electron chi connectivity index (χ1n) is 10.3. The molecule has 6 nitrogen and oxygen atoms in total. The molecule has 0 fully saturated rings. The molecule has 0 aliphatic carbocycles. The zero-order valence-corrected chi connectivity index (χ0v) is 18.3. The molecule has 6 heteroatoms. The molecule has 164 valence electrons. The summed E-state index contributed by atoms with van der Waals surface area (Å²) in [4.78, 5) is 21.0. The maximum absolute atomic E-state index is 12.2. The van der Waals surface area contributed by atoms with Crippen molar-refractivity contribution in [3.63, 3.8) is 0 Å². The summed E-state index contributed by atoms with van der Waals surface area (Å²) >= 11 is 0. The smallest absolute Gasteiger partial charge is 0.238 e. The molecule has 33 heavy (non-hydrogen) atoms. The average Bonchev–Trinajstić information content (AvgIpc) is 2.86. The second kappa shape index (κ2) is 10.2. The molecule has 0 amide bonds. The highest BCUT2D eigenvalue weighted by Crippen LogP contribution is 2.26. The van der Waals surface area contributed by atoms with E-state index in [9.17, 15) is 4.79 Å². The number of ketones is 1. The number of para-hydroxylation sites is 2. The molecule has 3 aromatic carbocycles. The molecule has 0 spiro atoms. The Hall–Kier alpha value is -4.45. The van der Waals surface area contributed by atoms with Gasteiger partial charge in [0.1, 0.15) is 17.2 Å². The van der Waals surface area contributed by atoms with E-state index in [0.29, 0.717) is 23.1 Å². The molecule has 0 aliphatic heterocycles. The Labute approximate surface area is 191 Å². The molecule has 1 aromatic heterocycles. The molecule has 4 rings (SSSR count). The van der Waals surface area contributed by atoms with E-state index in [1.807, 2.05) is 60.7 Å². The van der Waals surface area contributed by atoms with E-state index in [0.717, 1.165) is 22.2 Å². The number of benzene rings is 3. The molecule has 0 atom stereocenters. The average molecular weight is 438 g/mol. The number of aromatic nitrogens is 2. The molecular formula is C27H22N2O4. The zero-order chi connectivity index (χ0) is 23.0. The van der Waals surface area contributed by atoms with Crippen molar-refractivity contribution in [3.8, 4) is 23.1 Å². The Bertz CT molecular complexity index is 1330. The van der Waals surface area contributed by atoms with Crippen LogP contribution in [-0.4, -0.2) is 30.0 Å². The largest absolute Gasteiger partial charge is 0.497 e. The van der Waals surface area contributed by atoms with Crippen LogP contribution in [0.15, 0.2) is 85.1 Å². The van der Waals surface area contributed by atoms with Crippen LogP contribution in [0.4, 0.5) is 0 Å². The highest BCUT2D eigenvalue weighted by atomic mass is 16.5. The lowest BCUT2D eigenvalue weighted by atomic mass is 10.1. The van der Waals surface area contributed by atoms with Gasteiger partial charge in [-0.1, -0.05) is 30.3 Å². The minimum Gasteiger partial charge on any atom is -0.497 e. The number of carbonyl (C=O) groups is 1. The van der Waals surface area contributed by atoms with Crippen molar-refractivity contribution >= 4 is 29.0 Å². The van der Waals surface area contributed by atoms with Crippen molar-refractivity contribution in [2.24, 2.45) is 0 Å². The predicted molar refractivity (Wildman–Crippen MR) is 129 cm³/mol. The Morgan fingerprint density at radius 2 is 1.55 bits per heavy atom. The van der Waals surface area contributed by atoms with Gasteiger partial charge in [-0.05, 0) is 60.2 Å². The van der Waals surface area contributed by atoms with Crippen LogP contribution in [0.5, 0.6) is 23.1 Å². The summed E-state index contributed by atoms with van der Waals surface area (Å²) in [5.74, 6) is 2.24. The number of allylic oxidation sites excluding steroid dienone is 2. The van der Waals surface area contributed by atoms with Crippen LogP contribution in [-0.2, 0) is 4.79 Å². The van der Waals surface area contributed by atoms with Crippen LogP contribution in [0.1, 0.15) is 11.1 Å². The molecule has 0 N–H and O–H groups in total. The number of carbonyl (C=O) groups excluding carboxylic acids is 1. The van der Waals surface area contributed by atoms with E-state index < -0.39 is 0 Å². The minimum absolute atomic E-state index is 0.139. The third-order valence-corrected chi connectivity index (χ3v) is 4.84. The Kier molecular flexibility index (Phi) is 6.75. The van der Waals surface area contributed by atoms with E-state index in [2.05, 4.69) is 9.97 Å². The molecule has 0 radical (unpaired) electrons. The van der Waals surface area contributed by atoms with E-state index in [-0.39, 0.29) is 5.78 Å². The van der Waals surface area contributed by atoms with Crippen molar-refractivity contribution in [1.29, 1.82) is 0 Å². The lowest BCUT2D eigenvalue weighted by Gasteiger charge is -2.06. The van der Waals surface area contributed by atoms with Gasteiger partial charge in [-0.3, -0.25) is 4.79 Å². The highest BCUT2D eigenvalue weighted by Gasteiger charge is 2.04. The third kappa shape index (κ3) is 5.62. The normalized spacial score (nSPS) is 11.2. The van der Waals surface area contributed by atoms with Gasteiger partial charge in [0, 0.05) is 11.6 Å². The summed E-state index contributed by atoms with van der Waals surface area (Å²) in [6.07, 6.45) is 8.07. The fourth-order valence-corrected chi connectivity index (χ4v) is 3.12. The molecule has 0 unspecified atom stereocenters. The number of rotatable bonds is 8. The quantitative estimate of drug-likeness (QED) is 0.327. The minimum atomic E-state index is -0.139. The first-order chi connectivity index (χ1) is 16.1. The third-order valence-electron chi connectivity index (χ3n) is 4.84. The van der Waals surface area contributed by atoms with Gasteiger partial charge < -0.3 is 14.2 Å². The molecule has 4 aromatic rings. The summed E-state index contributed by atoms with van der Waals surface area (Å²) < 4.78 is 16.3. The highest BCUT2D eigenvalue weighted by molar-refractivity contribution is 6.04. The van der Waals surface area contributed by atoms with Gasteiger partial charge in [-0.25, -0.2) is 9.97 Å². The van der Waals surface area contributed by atoms with Gasteiger partial charge in [0.25, 0.3) is 0 Å². The lowest BCUT2D eigenvalue weighted by Crippen LogP contribution is -1.91. The Morgan fingerprint density at radius 3 is 2.30 bits per heavy atom. The zero-order valence-electron chi connectivity index (χ0n) is 18.3. The molecule has 0 saturated carbocycles. The van der Waals surface area contributed by atoms with Gasteiger partial charge in [-0.15, -0.1) is 0 Å². The molecule has 1 heterocycles. The van der Waals surface area contributed by atoms with Gasteiger partial charge in [0.15, 0.2) is 5.78 Å². The molecule has 0 saturated heterocycles. The molecule has 0 bridgehead atoms. The Morgan fingerprint density at radius 1 is 0.818 bits per heavy atom. The fourth-order valence-electron chi connectivity index (χ4n) is 3.12. The van der Waals surface area contributed by atoms with Crippen LogP contribution in [0, 0.1) is 0 Å². The first kappa shape index (κ1) is 21.8. The monoisotopic (exact) mass is 438 g/mol. The van der Waals surface area contributed by atoms with Crippen molar-refractivity contribution in [2.75, 3.05) is 14.2 Å². The maximum atomic E-state index is 12.2. The van der Waals surface area contributed by atoms with Gasteiger partial charge in [-0.2, -0.15) is 0 Å². The van der Waals surface area contributed by atoms with Gasteiger partial charge in [0.05, 0.1) is 31.4 Å². The van der Waals surface area contributed by atoms with Crippen LogP contribution in [0.3, 0.4) is 0 Å². The van der Waals surface area contributed by atoms with E-state index >= 15 is 0 Å². The molecular weight excluding hydrogens is 416 g/mol. The lowest BCUT2D eigenvalue weighted by molar-refractivity contribution is -0.110. The van der Waals surface area contributed by atoms with E-state index in [4.69, 9.17) is 14.2 Å². The first-order valence-corrected chi connectivity index (χ1v) is 10.3. The number of hydrogen-bond donors (Lipinski definition) is 0. The second-order valence-corrected chi connectivity index (χ2v) is 7.04. The number of hydrogen-bond acceptors (Lipinski definition) is 6. The van der Waals surface area contributed by atoms with Crippen molar-refractivity contribution in [3.05, 3.63) is 96.2 Å². The van der Waals surface area contributed by atoms with Crippen LogP contribution in [0.2, 0.25) is 0 Å².